The average Bonchev–Trinajstić information content (AvgIpc) is 1.98. The fourth-order valence-corrected chi connectivity index (χ4v) is 0.719. The van der Waals surface area contributed by atoms with Gasteiger partial charge in [-0.05, 0) is 6.92 Å². The standard InChI is InChI=1S/C8H14O4/c1-6(9)4-7(10)5-8(11-2)12-3/h4,8-9H,5H2,1-3H3. The van der Waals surface area contributed by atoms with E-state index in [-0.39, 0.29) is 18.0 Å². The van der Waals surface area contributed by atoms with E-state index in [1.807, 2.05) is 0 Å². The van der Waals surface area contributed by atoms with Crippen LogP contribution in [-0.4, -0.2) is 31.4 Å². The summed E-state index contributed by atoms with van der Waals surface area (Å²) in [6.45, 7) is 1.44. The molecule has 0 amide bonds. The Balaban J connectivity index is 3.90. The number of aliphatic hydroxyl groups excluding tert-OH is 1. The number of allylic oxidation sites excluding steroid dienone is 2. The van der Waals surface area contributed by atoms with Crippen molar-refractivity contribution >= 4 is 5.78 Å². The van der Waals surface area contributed by atoms with Crippen molar-refractivity contribution < 1.29 is 19.4 Å². The lowest BCUT2D eigenvalue weighted by atomic mass is 10.2. The topological polar surface area (TPSA) is 55.8 Å². The molecule has 1 N–H and O–H groups in total. The molecule has 12 heavy (non-hydrogen) atoms. The minimum atomic E-state index is -0.534. The molecular weight excluding hydrogens is 160 g/mol. The molecule has 0 spiro atoms. The van der Waals surface area contributed by atoms with Gasteiger partial charge >= 0.3 is 0 Å². The molecule has 0 aromatic carbocycles. The van der Waals surface area contributed by atoms with Crippen molar-refractivity contribution in [2.45, 2.75) is 19.6 Å². The van der Waals surface area contributed by atoms with Crippen LogP contribution in [0.15, 0.2) is 11.8 Å². The summed E-state index contributed by atoms with van der Waals surface area (Å²) in [5.41, 5.74) is 0. The van der Waals surface area contributed by atoms with E-state index in [1.54, 1.807) is 0 Å². The molecule has 0 aromatic rings. The highest BCUT2D eigenvalue weighted by atomic mass is 16.7. The van der Waals surface area contributed by atoms with Gasteiger partial charge in [0.2, 0.25) is 0 Å². The first-order valence-corrected chi connectivity index (χ1v) is 3.55. The molecule has 0 rings (SSSR count). The number of hydrogen-bond donors (Lipinski definition) is 1. The zero-order valence-electron chi connectivity index (χ0n) is 7.53. The Morgan fingerprint density at radius 2 is 2.00 bits per heavy atom. The molecule has 4 nitrogen and oxygen atoms in total. The summed E-state index contributed by atoms with van der Waals surface area (Å²) in [6.07, 6.45) is 0.726. The lowest BCUT2D eigenvalue weighted by Crippen LogP contribution is -2.17. The molecule has 0 heterocycles. The molecular formula is C8H14O4. The Kier molecular flexibility index (Phi) is 5.32. The fraction of sp³-hybridized carbons (Fsp3) is 0.625. The van der Waals surface area contributed by atoms with Crippen LogP contribution < -0.4 is 0 Å². The maximum absolute atomic E-state index is 11.0. The molecule has 0 saturated carbocycles. The monoisotopic (exact) mass is 174 g/mol. The van der Waals surface area contributed by atoms with Gasteiger partial charge in [0, 0.05) is 20.3 Å². The second-order valence-corrected chi connectivity index (χ2v) is 2.36. The molecule has 0 fully saturated rings. The van der Waals surface area contributed by atoms with Gasteiger partial charge in [0.25, 0.3) is 0 Å². The number of ether oxygens (including phenoxy) is 2. The quantitative estimate of drug-likeness (QED) is 0.384. The number of carbonyl (C=O) groups is 1. The van der Waals surface area contributed by atoms with Crippen molar-refractivity contribution in [2.24, 2.45) is 0 Å². The lowest BCUT2D eigenvalue weighted by Gasteiger charge is -2.10. The van der Waals surface area contributed by atoms with Gasteiger partial charge in [-0.1, -0.05) is 0 Å². The third kappa shape index (κ3) is 4.87. The first kappa shape index (κ1) is 11.1. The average molecular weight is 174 g/mol. The molecule has 70 valence electrons. The summed E-state index contributed by atoms with van der Waals surface area (Å²) in [5.74, 6) is -0.227. The maximum Gasteiger partial charge on any atom is 0.164 e. The summed E-state index contributed by atoms with van der Waals surface area (Å²) >= 11 is 0. The Morgan fingerprint density at radius 1 is 1.50 bits per heavy atom. The maximum atomic E-state index is 11.0. The Morgan fingerprint density at radius 3 is 2.33 bits per heavy atom. The van der Waals surface area contributed by atoms with E-state index in [0.29, 0.717) is 0 Å². The van der Waals surface area contributed by atoms with Crippen LogP contribution in [0.25, 0.3) is 0 Å². The van der Waals surface area contributed by atoms with Crippen LogP contribution in [0.4, 0.5) is 0 Å². The third-order valence-electron chi connectivity index (χ3n) is 1.26. The lowest BCUT2D eigenvalue weighted by molar-refractivity contribution is -0.133. The molecule has 0 aliphatic heterocycles. The van der Waals surface area contributed by atoms with E-state index in [0.717, 1.165) is 6.08 Å². The van der Waals surface area contributed by atoms with Crippen molar-refractivity contribution in [3.8, 4) is 0 Å². The van der Waals surface area contributed by atoms with Crippen LogP contribution in [0.5, 0.6) is 0 Å². The van der Waals surface area contributed by atoms with Crippen molar-refractivity contribution in [3.05, 3.63) is 11.8 Å². The van der Waals surface area contributed by atoms with Gasteiger partial charge in [0.15, 0.2) is 12.1 Å². The van der Waals surface area contributed by atoms with E-state index in [1.165, 1.54) is 21.1 Å². The highest BCUT2D eigenvalue weighted by Crippen LogP contribution is 2.00. The van der Waals surface area contributed by atoms with Crippen molar-refractivity contribution in [3.63, 3.8) is 0 Å². The van der Waals surface area contributed by atoms with Gasteiger partial charge in [-0.2, -0.15) is 0 Å². The molecule has 0 saturated heterocycles. The highest BCUT2D eigenvalue weighted by molar-refractivity contribution is 5.90. The SMILES string of the molecule is COC(CC(=O)C=C(C)O)OC. The predicted molar refractivity (Wildman–Crippen MR) is 43.8 cm³/mol. The van der Waals surface area contributed by atoms with Crippen molar-refractivity contribution in [1.82, 2.24) is 0 Å². The number of rotatable bonds is 5. The van der Waals surface area contributed by atoms with Crippen molar-refractivity contribution in [2.75, 3.05) is 14.2 Å². The van der Waals surface area contributed by atoms with Crippen molar-refractivity contribution in [1.29, 1.82) is 0 Å². The van der Waals surface area contributed by atoms with Crippen LogP contribution >= 0.6 is 0 Å². The number of carbonyl (C=O) groups excluding carboxylic acids is 1. The second-order valence-electron chi connectivity index (χ2n) is 2.36. The zero-order valence-corrected chi connectivity index (χ0v) is 7.53. The molecule has 0 aromatic heterocycles. The second kappa shape index (κ2) is 5.74. The molecule has 0 bridgehead atoms. The van der Waals surface area contributed by atoms with Gasteiger partial charge in [0.05, 0.1) is 12.2 Å². The van der Waals surface area contributed by atoms with Gasteiger partial charge in [0.1, 0.15) is 0 Å². The predicted octanol–water partition coefficient (Wildman–Crippen LogP) is 1.03. The largest absolute Gasteiger partial charge is 0.512 e. The number of methoxy groups -OCH3 is 2. The highest BCUT2D eigenvalue weighted by Gasteiger charge is 2.09. The zero-order chi connectivity index (χ0) is 9.56. The summed E-state index contributed by atoms with van der Waals surface area (Å²) in [7, 11) is 2.91. The normalized spacial score (nSPS) is 12.2. The minimum Gasteiger partial charge on any atom is -0.512 e. The van der Waals surface area contributed by atoms with Crippen LogP contribution in [0.3, 0.4) is 0 Å². The number of ketones is 1. The number of aliphatic hydroxyl groups is 1. The van der Waals surface area contributed by atoms with E-state index in [9.17, 15) is 4.79 Å². The first-order chi connectivity index (χ1) is 5.60. The van der Waals surface area contributed by atoms with Crippen LogP contribution in [0.2, 0.25) is 0 Å². The number of hydrogen-bond acceptors (Lipinski definition) is 4. The summed E-state index contributed by atoms with van der Waals surface area (Å²) < 4.78 is 9.60. The molecule has 0 atom stereocenters. The summed E-state index contributed by atoms with van der Waals surface area (Å²) in [4.78, 5) is 11.0. The van der Waals surface area contributed by atoms with E-state index in [2.05, 4.69) is 0 Å². The molecule has 0 unspecified atom stereocenters. The van der Waals surface area contributed by atoms with Crippen LogP contribution in [0.1, 0.15) is 13.3 Å². The van der Waals surface area contributed by atoms with Gasteiger partial charge in [-0.3, -0.25) is 4.79 Å². The van der Waals surface area contributed by atoms with E-state index >= 15 is 0 Å². The molecule has 0 aliphatic rings. The molecule has 4 heteroatoms. The fourth-order valence-electron chi connectivity index (χ4n) is 0.719. The Bertz CT molecular complexity index is 166. The summed E-state index contributed by atoms with van der Waals surface area (Å²) in [6, 6.07) is 0. The molecule has 0 aliphatic carbocycles. The smallest absolute Gasteiger partial charge is 0.164 e. The van der Waals surface area contributed by atoms with Gasteiger partial charge in [-0.25, -0.2) is 0 Å². The van der Waals surface area contributed by atoms with E-state index < -0.39 is 6.29 Å². The Hall–Kier alpha value is -0.870. The van der Waals surface area contributed by atoms with Gasteiger partial charge < -0.3 is 14.6 Å². The molecule has 0 radical (unpaired) electrons. The summed E-state index contributed by atoms with van der Waals surface area (Å²) in [5, 5.41) is 8.74. The third-order valence-corrected chi connectivity index (χ3v) is 1.26. The first-order valence-electron chi connectivity index (χ1n) is 3.55. The Labute approximate surface area is 71.8 Å². The van der Waals surface area contributed by atoms with Gasteiger partial charge in [-0.15, -0.1) is 0 Å². The van der Waals surface area contributed by atoms with E-state index in [4.69, 9.17) is 14.6 Å². The van der Waals surface area contributed by atoms with Crippen LogP contribution in [-0.2, 0) is 14.3 Å². The van der Waals surface area contributed by atoms with Crippen LogP contribution in [0, 0.1) is 0 Å². The minimum absolute atomic E-state index is 0.00837.